The molecule has 0 N–H and O–H groups in total. The van der Waals surface area contributed by atoms with Crippen molar-refractivity contribution < 1.29 is 19.1 Å². The van der Waals surface area contributed by atoms with E-state index in [-0.39, 0.29) is 24.7 Å². The fourth-order valence-electron chi connectivity index (χ4n) is 3.11. The normalized spacial score (nSPS) is 21.8. The monoisotopic (exact) mass is 313 g/mol. The Hall–Kier alpha value is -2.60. The highest BCUT2D eigenvalue weighted by Gasteiger charge is 2.30. The van der Waals surface area contributed by atoms with Crippen molar-refractivity contribution in [2.45, 2.75) is 25.6 Å². The lowest BCUT2D eigenvalue weighted by atomic mass is 9.90. The van der Waals surface area contributed by atoms with Gasteiger partial charge in [0.25, 0.3) is 5.69 Å². The van der Waals surface area contributed by atoms with Crippen LogP contribution in [-0.2, 0) is 11.2 Å². The van der Waals surface area contributed by atoms with Crippen LogP contribution in [0.4, 0.5) is 5.69 Å². The molecule has 4 rings (SSSR count). The van der Waals surface area contributed by atoms with E-state index in [1.54, 1.807) is 12.1 Å². The van der Waals surface area contributed by atoms with Crippen molar-refractivity contribution in [3.05, 3.63) is 63.2 Å². The van der Waals surface area contributed by atoms with Crippen LogP contribution in [0.3, 0.4) is 0 Å². The number of benzene rings is 2. The highest BCUT2D eigenvalue weighted by Crippen LogP contribution is 2.43. The first-order valence-electron chi connectivity index (χ1n) is 7.44. The van der Waals surface area contributed by atoms with Crippen LogP contribution in [0.15, 0.2) is 36.4 Å². The maximum Gasteiger partial charge on any atom is 0.269 e. The Morgan fingerprint density at radius 2 is 1.83 bits per heavy atom. The third kappa shape index (κ3) is 2.41. The van der Waals surface area contributed by atoms with Crippen LogP contribution < -0.4 is 9.47 Å². The van der Waals surface area contributed by atoms with Crippen molar-refractivity contribution in [3.8, 4) is 11.5 Å². The largest absolute Gasteiger partial charge is 0.454 e. The Morgan fingerprint density at radius 1 is 1.13 bits per heavy atom. The molecule has 0 aromatic heterocycles. The van der Waals surface area contributed by atoms with Crippen LogP contribution in [0.1, 0.15) is 29.7 Å². The van der Waals surface area contributed by atoms with Crippen LogP contribution >= 0.6 is 0 Å². The molecule has 0 saturated carbocycles. The van der Waals surface area contributed by atoms with E-state index in [9.17, 15) is 10.1 Å². The van der Waals surface area contributed by atoms with Gasteiger partial charge in [0.1, 0.15) is 6.10 Å². The van der Waals surface area contributed by atoms with Crippen molar-refractivity contribution in [1.29, 1.82) is 0 Å². The van der Waals surface area contributed by atoms with Gasteiger partial charge in [0.15, 0.2) is 11.5 Å². The summed E-state index contributed by atoms with van der Waals surface area (Å²) in [4.78, 5) is 10.4. The predicted octanol–water partition coefficient (Wildman–Crippen LogP) is 3.37. The molecule has 0 saturated heterocycles. The lowest BCUT2D eigenvalue weighted by Gasteiger charge is -2.31. The van der Waals surface area contributed by atoms with Crippen LogP contribution in [0, 0.1) is 10.1 Å². The number of non-ortho nitro benzene ring substituents is 1. The second-order valence-electron chi connectivity index (χ2n) is 5.78. The van der Waals surface area contributed by atoms with Crippen LogP contribution in [0.2, 0.25) is 0 Å². The van der Waals surface area contributed by atoms with E-state index in [0.29, 0.717) is 5.75 Å². The van der Waals surface area contributed by atoms with Gasteiger partial charge in [0, 0.05) is 12.1 Å². The second-order valence-corrected chi connectivity index (χ2v) is 5.78. The van der Waals surface area contributed by atoms with Crippen LogP contribution in [0.5, 0.6) is 11.5 Å². The van der Waals surface area contributed by atoms with Gasteiger partial charge in [-0.15, -0.1) is 0 Å². The van der Waals surface area contributed by atoms with Gasteiger partial charge in [-0.05, 0) is 54.3 Å². The first-order chi connectivity index (χ1) is 11.1. The summed E-state index contributed by atoms with van der Waals surface area (Å²) in [5.74, 6) is 1.48. The zero-order valence-corrected chi connectivity index (χ0v) is 12.5. The zero-order valence-electron chi connectivity index (χ0n) is 12.5. The summed E-state index contributed by atoms with van der Waals surface area (Å²) in [6, 6.07) is 10.5. The molecule has 0 radical (unpaired) electrons. The van der Waals surface area contributed by atoms with E-state index >= 15 is 0 Å². The summed E-state index contributed by atoms with van der Waals surface area (Å²) in [5.41, 5.74) is 3.16. The number of hydrogen-bond acceptors (Lipinski definition) is 5. The second kappa shape index (κ2) is 5.24. The lowest BCUT2D eigenvalue weighted by molar-refractivity contribution is -0.384. The molecule has 0 fully saturated rings. The average molecular weight is 313 g/mol. The molecule has 2 aliphatic rings. The zero-order chi connectivity index (χ0) is 16.0. The molecule has 6 heteroatoms. The van der Waals surface area contributed by atoms with E-state index in [1.165, 1.54) is 12.1 Å². The van der Waals surface area contributed by atoms with Crippen molar-refractivity contribution in [2.24, 2.45) is 0 Å². The van der Waals surface area contributed by atoms with Gasteiger partial charge in [0.2, 0.25) is 6.79 Å². The molecule has 6 nitrogen and oxygen atoms in total. The molecule has 0 spiro atoms. The highest BCUT2D eigenvalue weighted by atomic mass is 16.7. The molecule has 2 aliphatic heterocycles. The van der Waals surface area contributed by atoms with E-state index in [0.717, 1.165) is 28.9 Å². The maximum atomic E-state index is 10.8. The Bertz CT molecular complexity index is 771. The van der Waals surface area contributed by atoms with Crippen molar-refractivity contribution in [3.63, 3.8) is 0 Å². The minimum atomic E-state index is -0.403. The van der Waals surface area contributed by atoms with Gasteiger partial charge in [-0.1, -0.05) is 0 Å². The molecule has 23 heavy (non-hydrogen) atoms. The molecule has 0 aliphatic carbocycles. The smallest absolute Gasteiger partial charge is 0.269 e. The predicted molar refractivity (Wildman–Crippen MR) is 81.8 cm³/mol. The summed E-state index contributed by atoms with van der Waals surface area (Å²) in [5, 5.41) is 10.8. The fourth-order valence-corrected chi connectivity index (χ4v) is 3.11. The fraction of sp³-hybridized carbons (Fsp3) is 0.294. The molecule has 118 valence electrons. The molecule has 2 atom stereocenters. The number of hydrogen-bond donors (Lipinski definition) is 0. The van der Waals surface area contributed by atoms with E-state index in [2.05, 4.69) is 0 Å². The molecule has 2 aromatic rings. The Kier molecular flexibility index (Phi) is 3.20. The average Bonchev–Trinajstić information content (AvgIpc) is 2.99. The summed E-state index contributed by atoms with van der Waals surface area (Å²) in [7, 11) is 0. The van der Waals surface area contributed by atoms with Gasteiger partial charge >= 0.3 is 0 Å². The molecular formula is C17H15NO5. The number of fused-ring (bicyclic) bond motifs is 2. The molecule has 0 amide bonds. The first-order valence-corrected chi connectivity index (χ1v) is 7.44. The van der Waals surface area contributed by atoms with Gasteiger partial charge < -0.3 is 14.2 Å². The quantitative estimate of drug-likeness (QED) is 0.628. The van der Waals surface area contributed by atoms with Crippen molar-refractivity contribution in [2.75, 3.05) is 6.79 Å². The van der Waals surface area contributed by atoms with Gasteiger partial charge in [-0.25, -0.2) is 0 Å². The van der Waals surface area contributed by atoms with Gasteiger partial charge in [-0.2, -0.15) is 0 Å². The topological polar surface area (TPSA) is 70.8 Å². The van der Waals surface area contributed by atoms with Crippen LogP contribution in [-0.4, -0.2) is 17.8 Å². The van der Waals surface area contributed by atoms with Gasteiger partial charge in [-0.3, -0.25) is 10.1 Å². The summed E-state index contributed by atoms with van der Waals surface area (Å²) in [6.07, 6.45) is 0.599. The van der Waals surface area contributed by atoms with Crippen molar-refractivity contribution in [1.82, 2.24) is 0 Å². The molecule has 2 aromatic carbocycles. The number of nitro benzene ring substituents is 1. The summed E-state index contributed by atoms with van der Waals surface area (Å²) >= 11 is 0. The molecule has 2 unspecified atom stereocenters. The first kappa shape index (κ1) is 14.0. The molecule has 0 bridgehead atoms. The minimum absolute atomic E-state index is 0.0584. The number of nitro groups is 1. The minimum Gasteiger partial charge on any atom is -0.454 e. The summed E-state index contributed by atoms with van der Waals surface area (Å²) in [6.45, 7) is 2.25. The Labute approximate surface area is 132 Å². The van der Waals surface area contributed by atoms with Gasteiger partial charge in [0.05, 0.1) is 11.0 Å². The van der Waals surface area contributed by atoms with E-state index in [1.807, 2.05) is 19.1 Å². The van der Waals surface area contributed by atoms with Crippen LogP contribution in [0.25, 0.3) is 0 Å². The lowest BCUT2D eigenvalue weighted by Crippen LogP contribution is -2.24. The Morgan fingerprint density at radius 3 is 2.52 bits per heavy atom. The van der Waals surface area contributed by atoms with Crippen molar-refractivity contribution >= 4 is 5.69 Å². The SMILES string of the molecule is CC1Cc2cc3c(cc2C(c2ccc([N+](=O)[O-])cc2)O1)OCO3. The van der Waals surface area contributed by atoms with E-state index < -0.39 is 4.92 Å². The number of nitrogens with zero attached hydrogens (tertiary/aromatic N) is 1. The summed E-state index contributed by atoms with van der Waals surface area (Å²) < 4.78 is 17.0. The highest BCUT2D eigenvalue weighted by molar-refractivity contribution is 5.52. The molecular weight excluding hydrogens is 298 g/mol. The number of rotatable bonds is 2. The standard InChI is InChI=1S/C17H15NO5/c1-10-6-12-7-15-16(22-9-21-15)8-14(12)17(23-10)11-2-4-13(5-3-11)18(19)20/h2-5,7-8,10,17H,6,9H2,1H3. The van der Waals surface area contributed by atoms with E-state index in [4.69, 9.17) is 14.2 Å². The third-order valence-electron chi connectivity index (χ3n) is 4.20. The Balaban J connectivity index is 1.76. The third-order valence-corrected chi connectivity index (χ3v) is 4.20. The molecule has 2 heterocycles. The number of ether oxygens (including phenoxy) is 3. The maximum absolute atomic E-state index is 10.8.